The average molecular weight is 366 g/mol. The van der Waals surface area contributed by atoms with Gasteiger partial charge in [0, 0.05) is 36.3 Å². The number of aryl methyl sites for hydroxylation is 1. The summed E-state index contributed by atoms with van der Waals surface area (Å²) in [4.78, 5) is 23.0. The van der Waals surface area contributed by atoms with Crippen LogP contribution >= 0.6 is 0 Å². The number of methoxy groups -OCH3 is 1. The van der Waals surface area contributed by atoms with Crippen LogP contribution in [0.5, 0.6) is 5.75 Å². The third-order valence-corrected chi connectivity index (χ3v) is 4.88. The zero-order valence-electron chi connectivity index (χ0n) is 15.4. The molecule has 140 valence electrons. The average Bonchev–Trinajstić information content (AvgIpc) is 3.12. The van der Waals surface area contributed by atoms with Crippen molar-refractivity contribution < 1.29 is 13.9 Å². The van der Waals surface area contributed by atoms with Crippen molar-refractivity contribution in [3.8, 4) is 5.75 Å². The molecule has 1 fully saturated rings. The van der Waals surface area contributed by atoms with Crippen molar-refractivity contribution >= 4 is 22.7 Å². The molecule has 0 spiro atoms. The Balaban J connectivity index is 1.41. The van der Waals surface area contributed by atoms with Crippen LogP contribution in [0.25, 0.3) is 11.0 Å². The molecule has 27 heavy (non-hydrogen) atoms. The van der Waals surface area contributed by atoms with Crippen molar-refractivity contribution in [1.82, 2.24) is 14.9 Å². The lowest BCUT2D eigenvalue weighted by Gasteiger charge is -2.32. The number of ether oxygens (including phenoxy) is 1. The predicted molar refractivity (Wildman–Crippen MR) is 102 cm³/mol. The number of anilines is 1. The van der Waals surface area contributed by atoms with Gasteiger partial charge in [0.25, 0.3) is 5.91 Å². The number of aromatic nitrogens is 2. The number of hydrogen-bond donors (Lipinski definition) is 1. The molecule has 7 heteroatoms. The number of furan rings is 1. The molecule has 7 nitrogen and oxygen atoms in total. The number of likely N-dealkylation sites (tertiary alicyclic amines) is 1. The third-order valence-electron chi connectivity index (χ3n) is 4.88. The SMILES string of the molecule is COc1cccc2cc(C(=O)N3CCC(Nc4cc(C)ncn4)CC3)oc12. The minimum absolute atomic E-state index is 0.0791. The Hall–Kier alpha value is -3.09. The van der Waals surface area contributed by atoms with Gasteiger partial charge in [-0.1, -0.05) is 12.1 Å². The molecule has 2 aromatic heterocycles. The monoisotopic (exact) mass is 366 g/mol. The zero-order chi connectivity index (χ0) is 18.8. The summed E-state index contributed by atoms with van der Waals surface area (Å²) in [5, 5.41) is 4.30. The van der Waals surface area contributed by atoms with Crippen molar-refractivity contribution in [2.45, 2.75) is 25.8 Å². The lowest BCUT2D eigenvalue weighted by Crippen LogP contribution is -2.42. The topological polar surface area (TPSA) is 80.5 Å². The molecular formula is C20H22N4O3. The molecule has 1 amide bonds. The van der Waals surface area contributed by atoms with Crippen LogP contribution in [0.4, 0.5) is 5.82 Å². The van der Waals surface area contributed by atoms with Gasteiger partial charge < -0.3 is 19.4 Å². The van der Waals surface area contributed by atoms with Crippen LogP contribution in [0, 0.1) is 6.92 Å². The summed E-state index contributed by atoms with van der Waals surface area (Å²) >= 11 is 0. The van der Waals surface area contributed by atoms with E-state index in [9.17, 15) is 4.79 Å². The van der Waals surface area contributed by atoms with Gasteiger partial charge in [-0.15, -0.1) is 0 Å². The van der Waals surface area contributed by atoms with Crippen LogP contribution in [0.1, 0.15) is 29.1 Å². The van der Waals surface area contributed by atoms with E-state index in [0.29, 0.717) is 36.2 Å². The van der Waals surface area contributed by atoms with Crippen LogP contribution in [-0.4, -0.2) is 47.0 Å². The number of carbonyl (C=O) groups is 1. The maximum atomic E-state index is 12.8. The van der Waals surface area contributed by atoms with Gasteiger partial charge in [-0.2, -0.15) is 0 Å². The predicted octanol–water partition coefficient (Wildman–Crippen LogP) is 3.26. The lowest BCUT2D eigenvalue weighted by molar-refractivity contribution is 0.0688. The van der Waals surface area contributed by atoms with Crippen molar-refractivity contribution in [3.05, 3.63) is 48.1 Å². The Morgan fingerprint density at radius 2 is 2.07 bits per heavy atom. The Bertz CT molecular complexity index is 961. The highest BCUT2D eigenvalue weighted by Crippen LogP contribution is 2.29. The number of benzene rings is 1. The van der Waals surface area contributed by atoms with Gasteiger partial charge in [0.2, 0.25) is 0 Å². The second-order valence-electron chi connectivity index (χ2n) is 6.74. The van der Waals surface area contributed by atoms with Crippen LogP contribution in [-0.2, 0) is 0 Å². The Kier molecular flexibility index (Phi) is 4.66. The number of para-hydroxylation sites is 1. The van der Waals surface area contributed by atoms with Crippen LogP contribution < -0.4 is 10.1 Å². The number of rotatable bonds is 4. The maximum absolute atomic E-state index is 12.8. The molecule has 0 bridgehead atoms. The summed E-state index contributed by atoms with van der Waals surface area (Å²) in [5.41, 5.74) is 1.54. The summed E-state index contributed by atoms with van der Waals surface area (Å²) in [6.07, 6.45) is 3.28. The fraction of sp³-hybridized carbons (Fsp3) is 0.350. The van der Waals surface area contributed by atoms with E-state index < -0.39 is 0 Å². The van der Waals surface area contributed by atoms with E-state index in [2.05, 4.69) is 15.3 Å². The molecule has 3 heterocycles. The van der Waals surface area contributed by atoms with E-state index in [0.717, 1.165) is 29.7 Å². The van der Waals surface area contributed by atoms with Gasteiger partial charge in [0.1, 0.15) is 12.1 Å². The van der Waals surface area contributed by atoms with Crippen molar-refractivity contribution in [2.24, 2.45) is 0 Å². The number of nitrogens with zero attached hydrogens (tertiary/aromatic N) is 3. The van der Waals surface area contributed by atoms with Gasteiger partial charge in [-0.3, -0.25) is 4.79 Å². The van der Waals surface area contributed by atoms with E-state index in [1.54, 1.807) is 19.5 Å². The van der Waals surface area contributed by atoms with Gasteiger partial charge >= 0.3 is 0 Å². The van der Waals surface area contributed by atoms with Crippen molar-refractivity contribution in [2.75, 3.05) is 25.5 Å². The summed E-state index contributed by atoms with van der Waals surface area (Å²) in [7, 11) is 1.59. The summed E-state index contributed by atoms with van der Waals surface area (Å²) in [6.45, 7) is 3.29. The smallest absolute Gasteiger partial charge is 0.289 e. The van der Waals surface area contributed by atoms with Gasteiger partial charge in [0.05, 0.1) is 7.11 Å². The largest absolute Gasteiger partial charge is 0.493 e. The van der Waals surface area contributed by atoms with Gasteiger partial charge in [0.15, 0.2) is 17.1 Å². The molecule has 1 saturated heterocycles. The quantitative estimate of drug-likeness (QED) is 0.763. The second kappa shape index (κ2) is 7.26. The Labute approximate surface area is 157 Å². The molecule has 3 aromatic rings. The molecular weight excluding hydrogens is 344 g/mol. The Morgan fingerprint density at radius 1 is 1.26 bits per heavy atom. The number of piperidine rings is 1. The number of fused-ring (bicyclic) bond motifs is 1. The maximum Gasteiger partial charge on any atom is 0.289 e. The normalized spacial score (nSPS) is 15.1. The number of amides is 1. The molecule has 1 N–H and O–H groups in total. The minimum atomic E-state index is -0.0791. The molecule has 0 atom stereocenters. The third kappa shape index (κ3) is 3.58. The summed E-state index contributed by atoms with van der Waals surface area (Å²) < 4.78 is 11.1. The fourth-order valence-corrected chi connectivity index (χ4v) is 3.43. The van der Waals surface area contributed by atoms with Crippen LogP contribution in [0.3, 0.4) is 0 Å². The molecule has 1 aliphatic heterocycles. The molecule has 0 aliphatic carbocycles. The highest BCUT2D eigenvalue weighted by Gasteiger charge is 2.26. The second-order valence-corrected chi connectivity index (χ2v) is 6.74. The van der Waals surface area contributed by atoms with E-state index in [1.165, 1.54) is 0 Å². The first-order valence-corrected chi connectivity index (χ1v) is 9.05. The zero-order valence-corrected chi connectivity index (χ0v) is 15.4. The van der Waals surface area contributed by atoms with Crippen molar-refractivity contribution in [3.63, 3.8) is 0 Å². The number of hydrogen-bond acceptors (Lipinski definition) is 6. The van der Waals surface area contributed by atoms with E-state index in [-0.39, 0.29) is 5.91 Å². The molecule has 0 radical (unpaired) electrons. The van der Waals surface area contributed by atoms with Crippen LogP contribution in [0.15, 0.2) is 41.1 Å². The van der Waals surface area contributed by atoms with E-state index in [4.69, 9.17) is 9.15 Å². The molecule has 1 aromatic carbocycles. The fourth-order valence-electron chi connectivity index (χ4n) is 3.43. The first-order valence-electron chi connectivity index (χ1n) is 9.05. The van der Waals surface area contributed by atoms with Crippen LogP contribution in [0.2, 0.25) is 0 Å². The van der Waals surface area contributed by atoms with E-state index >= 15 is 0 Å². The molecule has 0 saturated carbocycles. The number of nitrogens with one attached hydrogen (secondary N) is 1. The van der Waals surface area contributed by atoms with Crippen molar-refractivity contribution in [1.29, 1.82) is 0 Å². The summed E-state index contributed by atoms with van der Waals surface area (Å²) in [6, 6.07) is 9.63. The van der Waals surface area contributed by atoms with Gasteiger partial charge in [-0.25, -0.2) is 9.97 Å². The highest BCUT2D eigenvalue weighted by molar-refractivity contribution is 5.97. The number of carbonyl (C=O) groups excluding carboxylic acids is 1. The first kappa shape index (κ1) is 17.3. The first-order chi connectivity index (χ1) is 13.1. The van der Waals surface area contributed by atoms with Gasteiger partial charge in [-0.05, 0) is 31.9 Å². The highest BCUT2D eigenvalue weighted by atomic mass is 16.5. The lowest BCUT2D eigenvalue weighted by atomic mass is 10.0. The van der Waals surface area contributed by atoms with E-state index in [1.807, 2.05) is 36.1 Å². The minimum Gasteiger partial charge on any atom is -0.493 e. The molecule has 0 unspecified atom stereocenters. The Morgan fingerprint density at radius 3 is 2.81 bits per heavy atom. The molecule has 4 rings (SSSR count). The standard InChI is InChI=1S/C20H22N4O3/c1-13-10-18(22-12-21-13)23-15-6-8-24(9-7-15)20(25)17-11-14-4-3-5-16(26-2)19(14)27-17/h3-5,10-12,15H,6-9H2,1-2H3,(H,21,22,23). The summed E-state index contributed by atoms with van der Waals surface area (Å²) in [5.74, 6) is 1.74. The molecule has 1 aliphatic rings.